The lowest BCUT2D eigenvalue weighted by Crippen LogP contribution is -2.37. The first-order chi connectivity index (χ1) is 13.5. The second kappa shape index (κ2) is 7.16. The topological polar surface area (TPSA) is 29.1 Å². The van der Waals surface area contributed by atoms with E-state index in [4.69, 9.17) is 11.6 Å². The van der Waals surface area contributed by atoms with E-state index in [0.717, 1.165) is 28.5 Å². The van der Waals surface area contributed by atoms with E-state index in [1.807, 2.05) is 0 Å². The zero-order valence-corrected chi connectivity index (χ0v) is 18.6. The van der Waals surface area contributed by atoms with Gasteiger partial charge in [0.25, 0.3) is 5.91 Å². The summed E-state index contributed by atoms with van der Waals surface area (Å²) in [5.41, 5.74) is 5.39. The molecule has 1 amide bonds. The number of allylic oxidation sites excluding steroid dienone is 3. The fraction of sp³-hybridized carbons (Fsp3) is 0.435. The van der Waals surface area contributed by atoms with Gasteiger partial charge in [-0.1, -0.05) is 23.8 Å². The van der Waals surface area contributed by atoms with E-state index in [1.165, 1.54) is 44.9 Å². The SMILES string of the molecule is Cc1sc(Cl)cc1C1=C(c2cc(C(=O)N[C@@H]3CC4C=CC3C4)sc2C)CCC1. The van der Waals surface area contributed by atoms with Gasteiger partial charge in [-0.25, -0.2) is 0 Å². The van der Waals surface area contributed by atoms with Crippen LogP contribution >= 0.6 is 34.3 Å². The van der Waals surface area contributed by atoms with Crippen LogP contribution in [0.15, 0.2) is 24.3 Å². The van der Waals surface area contributed by atoms with Gasteiger partial charge >= 0.3 is 0 Å². The summed E-state index contributed by atoms with van der Waals surface area (Å²) in [5.74, 6) is 1.30. The van der Waals surface area contributed by atoms with Crippen LogP contribution in [0, 0.1) is 25.7 Å². The van der Waals surface area contributed by atoms with Gasteiger partial charge in [0.1, 0.15) is 0 Å². The molecular formula is C23H24ClNOS2. The molecule has 1 fully saturated rings. The van der Waals surface area contributed by atoms with Crippen molar-refractivity contribution in [1.82, 2.24) is 5.32 Å². The summed E-state index contributed by atoms with van der Waals surface area (Å²) >= 11 is 9.55. The first-order valence-electron chi connectivity index (χ1n) is 10.1. The molecule has 1 saturated carbocycles. The average molecular weight is 430 g/mol. The van der Waals surface area contributed by atoms with Gasteiger partial charge in [-0.2, -0.15) is 0 Å². The van der Waals surface area contributed by atoms with E-state index in [9.17, 15) is 4.79 Å². The van der Waals surface area contributed by atoms with Crippen LogP contribution in [0.4, 0.5) is 0 Å². The van der Waals surface area contributed by atoms with Crippen molar-refractivity contribution in [2.45, 2.75) is 52.0 Å². The van der Waals surface area contributed by atoms with Gasteiger partial charge in [0, 0.05) is 15.8 Å². The van der Waals surface area contributed by atoms with Crippen molar-refractivity contribution in [1.29, 1.82) is 0 Å². The molecule has 28 heavy (non-hydrogen) atoms. The van der Waals surface area contributed by atoms with Crippen molar-refractivity contribution >= 4 is 51.3 Å². The van der Waals surface area contributed by atoms with Crippen LogP contribution in [0.5, 0.6) is 0 Å². The lowest BCUT2D eigenvalue weighted by molar-refractivity contribution is 0.0935. The van der Waals surface area contributed by atoms with Crippen LogP contribution in [0.25, 0.3) is 11.1 Å². The highest BCUT2D eigenvalue weighted by atomic mass is 35.5. The Morgan fingerprint density at radius 2 is 1.75 bits per heavy atom. The number of amides is 1. The largest absolute Gasteiger partial charge is 0.348 e. The fourth-order valence-electron chi connectivity index (χ4n) is 5.16. The van der Waals surface area contributed by atoms with E-state index in [-0.39, 0.29) is 5.91 Å². The Labute approximate surface area is 179 Å². The molecule has 3 aliphatic carbocycles. The maximum atomic E-state index is 12.9. The van der Waals surface area contributed by atoms with E-state index in [1.54, 1.807) is 22.7 Å². The molecule has 1 N–H and O–H groups in total. The van der Waals surface area contributed by atoms with Crippen molar-refractivity contribution in [2.24, 2.45) is 11.8 Å². The Bertz CT molecular complexity index is 1010. The van der Waals surface area contributed by atoms with Gasteiger partial charge in [0.2, 0.25) is 0 Å². The van der Waals surface area contributed by atoms with Crippen LogP contribution < -0.4 is 5.32 Å². The van der Waals surface area contributed by atoms with Crippen LogP contribution in [0.1, 0.15) is 62.7 Å². The highest BCUT2D eigenvalue weighted by Gasteiger charge is 2.36. The molecule has 2 aromatic rings. The highest BCUT2D eigenvalue weighted by molar-refractivity contribution is 7.16. The average Bonchev–Trinajstić information content (AvgIpc) is 3.43. The molecule has 3 aliphatic rings. The molecule has 2 aromatic heterocycles. The fourth-order valence-corrected chi connectivity index (χ4v) is 7.33. The number of aryl methyl sites for hydroxylation is 2. The Balaban J connectivity index is 1.42. The quantitative estimate of drug-likeness (QED) is 0.528. The molecule has 2 unspecified atom stereocenters. The number of nitrogens with one attached hydrogen (secondary N) is 1. The number of carbonyl (C=O) groups is 1. The van der Waals surface area contributed by atoms with Crippen molar-refractivity contribution in [3.05, 3.63) is 54.4 Å². The molecule has 0 saturated heterocycles. The second-order valence-corrected chi connectivity index (χ2v) is 11.4. The number of carbonyl (C=O) groups excluding carboxylic acids is 1. The summed E-state index contributed by atoms with van der Waals surface area (Å²) in [4.78, 5) is 16.3. The zero-order valence-electron chi connectivity index (χ0n) is 16.2. The van der Waals surface area contributed by atoms with E-state index in [2.05, 4.69) is 43.4 Å². The van der Waals surface area contributed by atoms with Crippen molar-refractivity contribution in [3.8, 4) is 0 Å². The van der Waals surface area contributed by atoms with Crippen LogP contribution in [-0.2, 0) is 0 Å². The number of hydrogen-bond donors (Lipinski definition) is 1. The zero-order chi connectivity index (χ0) is 19.4. The Hall–Kier alpha value is -1.36. The van der Waals surface area contributed by atoms with Gasteiger partial charge < -0.3 is 5.32 Å². The molecule has 0 radical (unpaired) electrons. The van der Waals surface area contributed by atoms with Crippen molar-refractivity contribution in [2.75, 3.05) is 0 Å². The third-order valence-electron chi connectivity index (χ3n) is 6.49. The minimum Gasteiger partial charge on any atom is -0.348 e. The van der Waals surface area contributed by atoms with Gasteiger partial charge in [-0.05, 0) is 92.2 Å². The molecule has 146 valence electrons. The predicted octanol–water partition coefficient (Wildman–Crippen LogP) is 6.87. The number of thiophene rings is 2. The Morgan fingerprint density at radius 1 is 1.04 bits per heavy atom. The standard InChI is InChI=1S/C23H24ClNOS2/c1-12-18(16-4-3-5-17(16)19-11-22(24)28-13(19)2)10-21(27-12)23(26)25-20-9-14-6-7-15(20)8-14/h6-7,10-11,14-15,20H,3-5,8-9H2,1-2H3,(H,25,26)/t14?,15?,20-/m1/s1. The maximum absolute atomic E-state index is 12.9. The van der Waals surface area contributed by atoms with E-state index >= 15 is 0 Å². The smallest absolute Gasteiger partial charge is 0.261 e. The molecular weight excluding hydrogens is 406 g/mol. The highest BCUT2D eigenvalue weighted by Crippen LogP contribution is 2.45. The van der Waals surface area contributed by atoms with Crippen LogP contribution in [0.2, 0.25) is 4.34 Å². The van der Waals surface area contributed by atoms with Gasteiger partial charge in [-0.15, -0.1) is 22.7 Å². The summed E-state index contributed by atoms with van der Waals surface area (Å²) in [6.07, 6.45) is 10.2. The van der Waals surface area contributed by atoms with Crippen molar-refractivity contribution in [3.63, 3.8) is 0 Å². The summed E-state index contributed by atoms with van der Waals surface area (Å²) < 4.78 is 0.855. The molecule has 5 heteroatoms. The van der Waals surface area contributed by atoms with E-state index in [0.29, 0.717) is 17.9 Å². The third-order valence-corrected chi connectivity index (χ3v) is 8.72. The monoisotopic (exact) mass is 429 g/mol. The minimum absolute atomic E-state index is 0.0974. The molecule has 2 nitrogen and oxygen atoms in total. The lowest BCUT2D eigenvalue weighted by Gasteiger charge is -2.19. The summed E-state index contributed by atoms with van der Waals surface area (Å²) in [6.45, 7) is 4.30. The molecule has 0 spiro atoms. The number of fused-ring (bicyclic) bond motifs is 2. The molecule has 0 aromatic carbocycles. The summed E-state index contributed by atoms with van der Waals surface area (Å²) in [7, 11) is 0. The first-order valence-corrected chi connectivity index (χ1v) is 12.1. The van der Waals surface area contributed by atoms with Gasteiger partial charge in [-0.3, -0.25) is 4.79 Å². The number of rotatable bonds is 4. The normalized spacial score (nSPS) is 25.9. The molecule has 2 heterocycles. The first kappa shape index (κ1) is 18.7. The number of hydrogen-bond acceptors (Lipinski definition) is 3. The predicted molar refractivity (Wildman–Crippen MR) is 120 cm³/mol. The summed E-state index contributed by atoms with van der Waals surface area (Å²) in [6, 6.07) is 4.55. The van der Waals surface area contributed by atoms with Crippen molar-refractivity contribution < 1.29 is 4.79 Å². The molecule has 3 atom stereocenters. The maximum Gasteiger partial charge on any atom is 0.261 e. The van der Waals surface area contributed by atoms with Crippen LogP contribution in [0.3, 0.4) is 0 Å². The lowest BCUT2D eigenvalue weighted by atomic mass is 9.97. The molecule has 5 rings (SSSR count). The van der Waals surface area contributed by atoms with Gasteiger partial charge in [0.15, 0.2) is 0 Å². The minimum atomic E-state index is 0.0974. The third kappa shape index (κ3) is 3.20. The number of halogens is 1. The second-order valence-electron chi connectivity index (χ2n) is 8.27. The molecule has 2 bridgehead atoms. The Kier molecular flexibility index (Phi) is 4.77. The summed E-state index contributed by atoms with van der Waals surface area (Å²) in [5, 5.41) is 3.30. The van der Waals surface area contributed by atoms with Crippen LogP contribution in [-0.4, -0.2) is 11.9 Å². The van der Waals surface area contributed by atoms with E-state index < -0.39 is 0 Å². The Morgan fingerprint density at radius 3 is 2.36 bits per heavy atom. The molecule has 0 aliphatic heterocycles. The van der Waals surface area contributed by atoms with Gasteiger partial charge in [0.05, 0.1) is 9.21 Å².